The normalized spacial score (nSPS) is 11.9. The summed E-state index contributed by atoms with van der Waals surface area (Å²) in [5.74, 6) is 6.83. The maximum atomic E-state index is 10.8. The van der Waals surface area contributed by atoms with Gasteiger partial charge in [0.15, 0.2) is 0 Å². The molecule has 0 aliphatic rings. The Labute approximate surface area is 109 Å². The SMILES string of the molecule is CSCC(C)CNc1nc(NN)ncc1[N+](=O)[O-]. The lowest BCUT2D eigenvalue weighted by Gasteiger charge is -2.12. The van der Waals surface area contributed by atoms with Gasteiger partial charge in [-0.3, -0.25) is 15.5 Å². The molecule has 0 aliphatic heterocycles. The Bertz CT molecular complexity index is 416. The molecule has 1 heterocycles. The Morgan fingerprint density at radius 3 is 2.94 bits per heavy atom. The zero-order chi connectivity index (χ0) is 13.5. The quantitative estimate of drug-likeness (QED) is 0.383. The van der Waals surface area contributed by atoms with Crippen LogP contribution in [0.15, 0.2) is 6.20 Å². The summed E-state index contributed by atoms with van der Waals surface area (Å²) in [7, 11) is 0. The summed E-state index contributed by atoms with van der Waals surface area (Å²) in [6.45, 7) is 2.65. The molecule has 0 radical (unpaired) electrons. The summed E-state index contributed by atoms with van der Waals surface area (Å²) >= 11 is 1.72. The van der Waals surface area contributed by atoms with Crippen molar-refractivity contribution in [3.8, 4) is 0 Å². The van der Waals surface area contributed by atoms with Crippen molar-refractivity contribution >= 4 is 29.2 Å². The molecule has 0 aliphatic carbocycles. The number of nitrogen functional groups attached to an aromatic ring is 1. The zero-order valence-electron chi connectivity index (χ0n) is 10.2. The molecule has 0 saturated heterocycles. The van der Waals surface area contributed by atoms with Crippen LogP contribution in [0, 0.1) is 16.0 Å². The van der Waals surface area contributed by atoms with Gasteiger partial charge in [-0.25, -0.2) is 10.8 Å². The van der Waals surface area contributed by atoms with Crippen molar-refractivity contribution in [1.82, 2.24) is 9.97 Å². The number of nitrogens with two attached hydrogens (primary N) is 1. The molecular formula is C9H16N6O2S. The lowest BCUT2D eigenvalue weighted by molar-refractivity contribution is -0.384. The van der Waals surface area contributed by atoms with Crippen LogP contribution < -0.4 is 16.6 Å². The number of nitro groups is 1. The smallest absolute Gasteiger partial charge is 0.329 e. The molecule has 1 rings (SSSR count). The summed E-state index contributed by atoms with van der Waals surface area (Å²) in [5.41, 5.74) is 2.10. The first-order valence-electron chi connectivity index (χ1n) is 5.29. The van der Waals surface area contributed by atoms with Crippen LogP contribution >= 0.6 is 11.8 Å². The number of hydrogen-bond acceptors (Lipinski definition) is 8. The molecule has 18 heavy (non-hydrogen) atoms. The van der Waals surface area contributed by atoms with Crippen molar-refractivity contribution in [2.45, 2.75) is 6.92 Å². The van der Waals surface area contributed by atoms with E-state index in [9.17, 15) is 10.1 Å². The summed E-state index contributed by atoms with van der Waals surface area (Å²) in [5, 5.41) is 13.8. The first kappa shape index (κ1) is 14.5. The summed E-state index contributed by atoms with van der Waals surface area (Å²) in [4.78, 5) is 17.9. The predicted molar refractivity (Wildman–Crippen MR) is 72.5 cm³/mol. The molecule has 9 heteroatoms. The molecule has 8 nitrogen and oxygen atoms in total. The lowest BCUT2D eigenvalue weighted by atomic mass is 10.2. The van der Waals surface area contributed by atoms with E-state index >= 15 is 0 Å². The lowest BCUT2D eigenvalue weighted by Crippen LogP contribution is -2.17. The number of thioether (sulfide) groups is 1. The molecule has 100 valence electrons. The van der Waals surface area contributed by atoms with Gasteiger partial charge in [0.25, 0.3) is 0 Å². The average molecular weight is 272 g/mol. The third-order valence-corrected chi connectivity index (χ3v) is 3.07. The number of rotatable bonds is 7. The Hall–Kier alpha value is -1.61. The average Bonchev–Trinajstić information content (AvgIpc) is 2.36. The van der Waals surface area contributed by atoms with Crippen molar-refractivity contribution in [3.63, 3.8) is 0 Å². The molecule has 1 atom stereocenters. The fraction of sp³-hybridized carbons (Fsp3) is 0.556. The maximum absolute atomic E-state index is 10.8. The van der Waals surface area contributed by atoms with Crippen molar-refractivity contribution in [1.29, 1.82) is 0 Å². The van der Waals surface area contributed by atoms with Crippen LogP contribution in [0.5, 0.6) is 0 Å². The van der Waals surface area contributed by atoms with E-state index in [2.05, 4.69) is 27.6 Å². The standard InChI is InChI=1S/C9H16N6O2S/c1-6(5-18-2)3-11-8-7(15(16)17)4-12-9(13-8)14-10/h4,6H,3,5,10H2,1-2H3,(H2,11,12,13,14). The molecule has 1 unspecified atom stereocenters. The Kier molecular flexibility index (Phi) is 5.59. The second kappa shape index (κ2) is 6.97. The molecule has 1 aromatic heterocycles. The van der Waals surface area contributed by atoms with Crippen molar-refractivity contribution < 1.29 is 4.92 Å². The minimum absolute atomic E-state index is 0.139. The topological polar surface area (TPSA) is 119 Å². The van der Waals surface area contributed by atoms with E-state index in [1.54, 1.807) is 11.8 Å². The van der Waals surface area contributed by atoms with Gasteiger partial charge >= 0.3 is 5.69 Å². The van der Waals surface area contributed by atoms with Crippen molar-refractivity contribution in [2.75, 3.05) is 29.3 Å². The third-order valence-electron chi connectivity index (χ3n) is 2.16. The van der Waals surface area contributed by atoms with Crippen molar-refractivity contribution in [2.24, 2.45) is 11.8 Å². The van der Waals surface area contributed by atoms with Gasteiger partial charge in [0, 0.05) is 6.54 Å². The Morgan fingerprint density at radius 1 is 1.67 bits per heavy atom. The van der Waals surface area contributed by atoms with Gasteiger partial charge in [-0.15, -0.1) is 0 Å². The van der Waals surface area contributed by atoms with Crippen LogP contribution in [0.2, 0.25) is 0 Å². The number of hydrazine groups is 1. The largest absolute Gasteiger partial charge is 0.364 e. The van der Waals surface area contributed by atoms with E-state index in [0.29, 0.717) is 12.5 Å². The highest BCUT2D eigenvalue weighted by Gasteiger charge is 2.17. The van der Waals surface area contributed by atoms with Gasteiger partial charge < -0.3 is 5.32 Å². The highest BCUT2D eigenvalue weighted by Crippen LogP contribution is 2.22. The molecule has 0 saturated carbocycles. The first-order valence-corrected chi connectivity index (χ1v) is 6.68. The summed E-state index contributed by atoms with van der Waals surface area (Å²) in [6.07, 6.45) is 3.14. The fourth-order valence-electron chi connectivity index (χ4n) is 1.32. The molecule has 0 fully saturated rings. The van der Waals surface area contributed by atoms with E-state index < -0.39 is 4.92 Å². The monoisotopic (exact) mass is 272 g/mol. The van der Waals surface area contributed by atoms with Gasteiger partial charge in [0.1, 0.15) is 6.20 Å². The fourth-order valence-corrected chi connectivity index (χ4v) is 2.01. The van der Waals surface area contributed by atoms with E-state index in [4.69, 9.17) is 5.84 Å². The van der Waals surface area contributed by atoms with Crippen molar-refractivity contribution in [3.05, 3.63) is 16.3 Å². The second-order valence-electron chi connectivity index (χ2n) is 3.77. The molecular weight excluding hydrogens is 256 g/mol. The van der Waals surface area contributed by atoms with Crippen LogP contribution in [-0.4, -0.2) is 33.4 Å². The summed E-state index contributed by atoms with van der Waals surface area (Å²) in [6, 6.07) is 0. The zero-order valence-corrected chi connectivity index (χ0v) is 11.0. The second-order valence-corrected chi connectivity index (χ2v) is 4.68. The Balaban J connectivity index is 2.80. The van der Waals surface area contributed by atoms with Crippen LogP contribution in [-0.2, 0) is 0 Å². The van der Waals surface area contributed by atoms with Gasteiger partial charge in [-0.05, 0) is 17.9 Å². The van der Waals surface area contributed by atoms with E-state index in [1.165, 1.54) is 0 Å². The minimum atomic E-state index is -0.526. The highest BCUT2D eigenvalue weighted by atomic mass is 32.2. The van der Waals surface area contributed by atoms with E-state index in [1.807, 2.05) is 6.26 Å². The highest BCUT2D eigenvalue weighted by molar-refractivity contribution is 7.98. The van der Waals surface area contributed by atoms with Crippen LogP contribution in [0.3, 0.4) is 0 Å². The number of anilines is 2. The third kappa shape index (κ3) is 4.00. The molecule has 4 N–H and O–H groups in total. The number of aromatic nitrogens is 2. The van der Waals surface area contributed by atoms with E-state index in [-0.39, 0.29) is 17.5 Å². The van der Waals surface area contributed by atoms with Gasteiger partial charge in [-0.1, -0.05) is 6.92 Å². The molecule has 0 bridgehead atoms. The first-order chi connectivity index (χ1) is 8.58. The van der Waals surface area contributed by atoms with Gasteiger partial charge in [0.2, 0.25) is 11.8 Å². The summed E-state index contributed by atoms with van der Waals surface area (Å²) < 4.78 is 0. The predicted octanol–water partition coefficient (Wildman–Crippen LogP) is 1.08. The molecule has 0 aromatic carbocycles. The Morgan fingerprint density at radius 2 is 2.39 bits per heavy atom. The molecule has 0 spiro atoms. The van der Waals surface area contributed by atoms with Crippen LogP contribution in [0.25, 0.3) is 0 Å². The van der Waals surface area contributed by atoms with E-state index in [0.717, 1.165) is 11.9 Å². The number of nitrogens with zero attached hydrogens (tertiary/aromatic N) is 3. The van der Waals surface area contributed by atoms with Gasteiger partial charge in [-0.2, -0.15) is 16.7 Å². The molecule has 1 aromatic rings. The number of hydrogen-bond donors (Lipinski definition) is 3. The maximum Gasteiger partial charge on any atom is 0.329 e. The van der Waals surface area contributed by atoms with Crippen LogP contribution in [0.4, 0.5) is 17.5 Å². The minimum Gasteiger partial charge on any atom is -0.364 e. The van der Waals surface area contributed by atoms with Gasteiger partial charge in [0.05, 0.1) is 4.92 Å². The molecule has 0 amide bonds. The van der Waals surface area contributed by atoms with Crippen LogP contribution in [0.1, 0.15) is 6.92 Å². The number of nitrogens with one attached hydrogen (secondary N) is 2.